The second kappa shape index (κ2) is 33.1. The van der Waals surface area contributed by atoms with Gasteiger partial charge >= 0.3 is 18.0 Å². The Hall–Kier alpha value is -7.38. The van der Waals surface area contributed by atoms with Crippen molar-refractivity contribution in [3.8, 4) is 5.75 Å². The summed E-state index contributed by atoms with van der Waals surface area (Å²) in [5.74, 6) is -7.85. The molecule has 8 amide bonds. The first-order valence-electron chi connectivity index (χ1n) is 30.3. The standard InChI is InChI=1S/C65H104N8O17/c1-38(86-60(6,7)8)49(54(79)67-44(34-40-26-24-23-25-27-40)52(77)72-50(39(2)87-61(9,10)11)55(80)68-46(56(81)82)37-85-59(3,4)5)71-47(74)36-66-51(76)43(32-33-48(75)89-63(15,16)17)69-57(83)65(21,22)73-53(78)45(70-58(84)90-64(18,19)20)35-41-28-30-42(31-29-41)88-62(12,13)14/h23-31,38-39,43-46,49-50H,32-37H2,1-22H3,(H,66,76)(H,67,79)(H,68,80)(H,69,83)(H,70,84)(H,71,74)(H,72,77)(H,73,78)(H,81,82)/t38-,39-,43+,44+,45+,46+,49+,50+/m1/s1. The summed E-state index contributed by atoms with van der Waals surface area (Å²) >= 11 is 0. The second-order valence-corrected chi connectivity index (χ2v) is 28.7. The lowest BCUT2D eigenvalue weighted by molar-refractivity contribution is -0.155. The van der Waals surface area contributed by atoms with Crippen molar-refractivity contribution >= 4 is 59.4 Å². The molecule has 25 heteroatoms. The summed E-state index contributed by atoms with van der Waals surface area (Å²) in [7, 11) is 0. The van der Waals surface area contributed by atoms with Gasteiger partial charge in [0, 0.05) is 19.3 Å². The Kier molecular flexibility index (Phi) is 28.9. The number of carboxylic acids is 1. The lowest BCUT2D eigenvalue weighted by Gasteiger charge is -2.33. The highest BCUT2D eigenvalue weighted by Crippen LogP contribution is 2.22. The quantitative estimate of drug-likeness (QED) is 0.0442. The van der Waals surface area contributed by atoms with Crippen LogP contribution in [0.15, 0.2) is 54.6 Å². The molecule has 0 saturated heterocycles. The van der Waals surface area contributed by atoms with Crippen LogP contribution in [0.2, 0.25) is 0 Å². The molecule has 90 heavy (non-hydrogen) atoms. The maximum Gasteiger partial charge on any atom is 0.408 e. The van der Waals surface area contributed by atoms with Crippen LogP contribution in [0, 0.1) is 0 Å². The number of ether oxygens (including phenoxy) is 6. The molecular weight excluding hydrogens is 1160 g/mol. The van der Waals surface area contributed by atoms with Crippen LogP contribution in [0.3, 0.4) is 0 Å². The van der Waals surface area contributed by atoms with Crippen LogP contribution in [0.4, 0.5) is 4.79 Å². The summed E-state index contributed by atoms with van der Waals surface area (Å²) in [5.41, 5.74) is -5.43. The van der Waals surface area contributed by atoms with Gasteiger partial charge in [-0.15, -0.1) is 0 Å². The minimum atomic E-state index is -1.80. The molecule has 0 bridgehead atoms. The number of hydrogen-bond acceptors (Lipinski definition) is 16. The predicted molar refractivity (Wildman–Crippen MR) is 338 cm³/mol. The van der Waals surface area contributed by atoms with Crippen LogP contribution in [0.1, 0.15) is 176 Å². The average Bonchev–Trinajstić information content (AvgIpc) is 2.33. The fraction of sp³-hybridized carbons (Fsp3) is 0.662. The van der Waals surface area contributed by atoms with Crippen LogP contribution < -0.4 is 47.3 Å². The first-order valence-corrected chi connectivity index (χ1v) is 30.3. The Morgan fingerprint density at radius 1 is 0.467 bits per heavy atom. The number of carbonyl (C=O) groups is 10. The number of rotatable bonds is 30. The number of aliphatic carboxylic acids is 1. The maximum absolute atomic E-state index is 14.7. The first kappa shape index (κ1) is 78.7. The fourth-order valence-electron chi connectivity index (χ4n) is 8.56. The number of alkyl carbamates (subject to hydrolysis) is 1. The molecule has 506 valence electrons. The molecule has 0 aliphatic rings. The molecule has 0 heterocycles. The number of hydrogen-bond donors (Lipinski definition) is 9. The predicted octanol–water partition coefficient (Wildman–Crippen LogP) is 5.41. The van der Waals surface area contributed by atoms with E-state index in [2.05, 4.69) is 42.5 Å². The van der Waals surface area contributed by atoms with Crippen LogP contribution in [-0.4, -0.2) is 165 Å². The van der Waals surface area contributed by atoms with E-state index in [1.54, 1.807) is 158 Å². The average molecular weight is 1270 g/mol. The van der Waals surface area contributed by atoms with E-state index in [0.29, 0.717) is 16.9 Å². The molecule has 2 aromatic rings. The van der Waals surface area contributed by atoms with Crippen LogP contribution in [0.5, 0.6) is 5.75 Å². The van der Waals surface area contributed by atoms with Crippen molar-refractivity contribution in [3.63, 3.8) is 0 Å². The molecule has 25 nitrogen and oxygen atoms in total. The van der Waals surface area contributed by atoms with Crippen LogP contribution in [-0.2, 0) is 79.7 Å². The molecular formula is C65H104N8O17. The normalized spacial score (nSPS) is 15.1. The zero-order valence-electron chi connectivity index (χ0n) is 57.0. The van der Waals surface area contributed by atoms with E-state index in [-0.39, 0.29) is 25.7 Å². The molecule has 0 spiro atoms. The number of benzene rings is 2. The van der Waals surface area contributed by atoms with Crippen molar-refractivity contribution in [2.45, 2.75) is 266 Å². The third-order valence-corrected chi connectivity index (χ3v) is 12.3. The lowest BCUT2D eigenvalue weighted by Crippen LogP contribution is -2.63. The molecule has 9 N–H and O–H groups in total. The Bertz CT molecular complexity index is 2750. The smallest absolute Gasteiger partial charge is 0.408 e. The van der Waals surface area contributed by atoms with E-state index < -0.39 is 160 Å². The number of nitrogens with one attached hydrogen (secondary N) is 8. The van der Waals surface area contributed by atoms with Gasteiger partial charge in [0.2, 0.25) is 41.4 Å². The number of carboxylic acid groups (broad SMARTS) is 1. The van der Waals surface area contributed by atoms with Gasteiger partial charge in [-0.2, -0.15) is 0 Å². The van der Waals surface area contributed by atoms with E-state index >= 15 is 0 Å². The Morgan fingerprint density at radius 2 is 0.944 bits per heavy atom. The molecule has 0 unspecified atom stereocenters. The summed E-state index contributed by atoms with van der Waals surface area (Å²) in [6.07, 6.45) is -4.01. The van der Waals surface area contributed by atoms with E-state index in [1.807, 2.05) is 20.8 Å². The van der Waals surface area contributed by atoms with Gasteiger partial charge in [0.25, 0.3) is 0 Å². The summed E-state index contributed by atoms with van der Waals surface area (Å²) in [6.45, 7) is 35.6. The molecule has 0 aliphatic heterocycles. The third kappa shape index (κ3) is 31.9. The summed E-state index contributed by atoms with van der Waals surface area (Å²) < 4.78 is 34.8. The Morgan fingerprint density at radius 3 is 1.41 bits per heavy atom. The van der Waals surface area contributed by atoms with E-state index in [4.69, 9.17) is 28.4 Å². The molecule has 0 aliphatic carbocycles. The zero-order chi connectivity index (χ0) is 69.1. The Balaban J connectivity index is 2.54. The van der Waals surface area contributed by atoms with E-state index in [0.717, 1.165) is 0 Å². The van der Waals surface area contributed by atoms with Gasteiger partial charge in [0.05, 0.1) is 42.2 Å². The molecule has 0 aromatic heterocycles. The molecule has 8 atom stereocenters. The van der Waals surface area contributed by atoms with Crippen molar-refractivity contribution in [2.75, 3.05) is 13.2 Å². The minimum absolute atomic E-state index is 0.0463. The van der Waals surface area contributed by atoms with Crippen molar-refractivity contribution in [1.82, 2.24) is 42.5 Å². The van der Waals surface area contributed by atoms with Crippen LogP contribution in [0.25, 0.3) is 0 Å². The molecule has 0 fully saturated rings. The number of amides is 8. The van der Waals surface area contributed by atoms with E-state index in [9.17, 15) is 53.1 Å². The zero-order valence-corrected chi connectivity index (χ0v) is 57.0. The second-order valence-electron chi connectivity index (χ2n) is 28.7. The highest BCUT2D eigenvalue weighted by molar-refractivity contribution is 5.98. The SMILES string of the molecule is C[C@@H](OC(C)(C)C)[C@H](NC(=O)CNC(=O)[C@H](CCC(=O)OC(C)(C)C)NC(=O)C(C)(C)NC(=O)[C@H](Cc1ccc(OC(C)(C)C)cc1)NC(=O)OC(C)(C)C)C(=O)N[C@@H](Cc1ccccc1)C(=O)N[C@H](C(=O)N[C@@H](COC(C)(C)C)C(=O)O)[C@@H](C)OC(C)(C)C. The van der Waals surface area contributed by atoms with Gasteiger partial charge in [0.15, 0.2) is 6.04 Å². The summed E-state index contributed by atoms with van der Waals surface area (Å²) in [6, 6.07) is 6.58. The topological polar surface area (TPSA) is 343 Å². The summed E-state index contributed by atoms with van der Waals surface area (Å²) in [4.78, 5) is 139. The van der Waals surface area contributed by atoms with Gasteiger partial charge in [-0.3, -0.25) is 38.4 Å². The monoisotopic (exact) mass is 1270 g/mol. The van der Waals surface area contributed by atoms with Crippen LogP contribution >= 0.6 is 0 Å². The summed E-state index contributed by atoms with van der Waals surface area (Å²) in [5, 5.41) is 30.8. The van der Waals surface area contributed by atoms with Crippen molar-refractivity contribution in [1.29, 1.82) is 0 Å². The molecule has 2 aromatic carbocycles. The Labute approximate surface area is 531 Å². The largest absolute Gasteiger partial charge is 0.488 e. The highest BCUT2D eigenvalue weighted by atomic mass is 16.6. The highest BCUT2D eigenvalue weighted by Gasteiger charge is 2.40. The van der Waals surface area contributed by atoms with Gasteiger partial charge in [-0.25, -0.2) is 9.59 Å². The van der Waals surface area contributed by atoms with Gasteiger partial charge in [-0.1, -0.05) is 42.5 Å². The maximum atomic E-state index is 14.7. The fourth-order valence-corrected chi connectivity index (χ4v) is 8.56. The van der Waals surface area contributed by atoms with Crippen molar-refractivity contribution in [2.24, 2.45) is 0 Å². The van der Waals surface area contributed by atoms with E-state index in [1.165, 1.54) is 27.7 Å². The first-order chi connectivity index (χ1) is 40.9. The molecule has 2 rings (SSSR count). The third-order valence-electron chi connectivity index (χ3n) is 12.3. The minimum Gasteiger partial charge on any atom is -0.488 e. The van der Waals surface area contributed by atoms with Crippen molar-refractivity contribution < 1.29 is 81.5 Å². The van der Waals surface area contributed by atoms with Gasteiger partial charge < -0.3 is 76.1 Å². The lowest BCUT2D eigenvalue weighted by atomic mass is 9.99. The number of esters is 1. The molecule has 0 saturated carbocycles. The molecule has 0 radical (unpaired) electrons. The number of carbonyl (C=O) groups excluding carboxylic acids is 9. The van der Waals surface area contributed by atoms with Crippen molar-refractivity contribution in [3.05, 3.63) is 65.7 Å². The van der Waals surface area contributed by atoms with Gasteiger partial charge in [-0.05, 0) is 182 Å². The van der Waals surface area contributed by atoms with Gasteiger partial charge in [0.1, 0.15) is 58.3 Å².